The van der Waals surface area contributed by atoms with Crippen LogP contribution in [-0.2, 0) is 0 Å². The summed E-state index contributed by atoms with van der Waals surface area (Å²) in [5.41, 5.74) is 1.19. The second-order valence-corrected chi connectivity index (χ2v) is 6.36. The first-order chi connectivity index (χ1) is 10.2. The summed E-state index contributed by atoms with van der Waals surface area (Å²) in [6.07, 6.45) is 1.08. The van der Waals surface area contributed by atoms with Gasteiger partial charge in [0.25, 0.3) is 0 Å². The van der Waals surface area contributed by atoms with Crippen LogP contribution in [0.3, 0.4) is 0 Å². The third-order valence-corrected chi connectivity index (χ3v) is 4.46. The van der Waals surface area contributed by atoms with Crippen LogP contribution in [0.5, 0.6) is 0 Å². The lowest BCUT2D eigenvalue weighted by Crippen LogP contribution is -2.24. The van der Waals surface area contributed by atoms with Crippen LogP contribution < -0.4 is 5.32 Å². The van der Waals surface area contributed by atoms with Gasteiger partial charge in [-0.05, 0) is 54.9 Å². The number of benzene rings is 2. The SMILES string of the molecule is CCCNC(CSc1ccc(F)cc1)c1cccc(Cl)c1. The molecule has 0 heterocycles. The van der Waals surface area contributed by atoms with Crippen molar-refractivity contribution in [2.75, 3.05) is 12.3 Å². The fraction of sp³-hybridized carbons (Fsp3) is 0.294. The zero-order chi connectivity index (χ0) is 15.1. The summed E-state index contributed by atoms with van der Waals surface area (Å²) in [6.45, 7) is 3.11. The molecule has 1 unspecified atom stereocenters. The quantitative estimate of drug-likeness (QED) is 0.693. The van der Waals surface area contributed by atoms with Gasteiger partial charge in [0.15, 0.2) is 0 Å². The van der Waals surface area contributed by atoms with Gasteiger partial charge in [-0.2, -0.15) is 0 Å². The summed E-state index contributed by atoms with van der Waals surface area (Å²) in [6, 6.07) is 14.8. The van der Waals surface area contributed by atoms with E-state index in [1.165, 1.54) is 17.7 Å². The van der Waals surface area contributed by atoms with E-state index >= 15 is 0 Å². The third-order valence-electron chi connectivity index (χ3n) is 3.12. The van der Waals surface area contributed by atoms with Gasteiger partial charge in [-0.3, -0.25) is 0 Å². The van der Waals surface area contributed by atoms with E-state index in [0.717, 1.165) is 28.6 Å². The average molecular weight is 324 g/mol. The number of thioether (sulfide) groups is 1. The molecule has 4 heteroatoms. The fourth-order valence-electron chi connectivity index (χ4n) is 2.03. The van der Waals surface area contributed by atoms with Gasteiger partial charge in [0.1, 0.15) is 5.82 Å². The molecule has 0 amide bonds. The molecule has 0 fully saturated rings. The predicted molar refractivity (Wildman–Crippen MR) is 89.6 cm³/mol. The second-order valence-electron chi connectivity index (χ2n) is 4.83. The van der Waals surface area contributed by atoms with Gasteiger partial charge < -0.3 is 5.32 Å². The highest BCUT2D eigenvalue weighted by Crippen LogP contribution is 2.26. The minimum atomic E-state index is -0.199. The maximum Gasteiger partial charge on any atom is 0.123 e. The molecule has 112 valence electrons. The highest BCUT2D eigenvalue weighted by atomic mass is 35.5. The van der Waals surface area contributed by atoms with Crippen molar-refractivity contribution in [3.05, 3.63) is 64.9 Å². The monoisotopic (exact) mass is 323 g/mol. The van der Waals surface area contributed by atoms with Gasteiger partial charge in [-0.15, -0.1) is 11.8 Å². The van der Waals surface area contributed by atoms with E-state index in [1.54, 1.807) is 11.8 Å². The van der Waals surface area contributed by atoms with Gasteiger partial charge >= 0.3 is 0 Å². The molecule has 0 saturated carbocycles. The third kappa shape index (κ3) is 5.34. The van der Waals surface area contributed by atoms with Crippen LogP contribution in [0.1, 0.15) is 24.9 Å². The molecule has 0 aliphatic carbocycles. The Balaban J connectivity index is 2.04. The van der Waals surface area contributed by atoms with Crippen LogP contribution in [0.25, 0.3) is 0 Å². The minimum Gasteiger partial charge on any atom is -0.309 e. The van der Waals surface area contributed by atoms with Crippen molar-refractivity contribution in [3.63, 3.8) is 0 Å². The molecule has 0 bridgehead atoms. The normalized spacial score (nSPS) is 12.3. The maximum absolute atomic E-state index is 12.9. The summed E-state index contributed by atoms with van der Waals surface area (Å²) in [5, 5.41) is 4.29. The molecule has 2 aromatic carbocycles. The second kappa shape index (κ2) is 8.42. The Morgan fingerprint density at radius 3 is 2.62 bits per heavy atom. The topological polar surface area (TPSA) is 12.0 Å². The van der Waals surface area contributed by atoms with Gasteiger partial charge in [0.2, 0.25) is 0 Å². The fourth-order valence-corrected chi connectivity index (χ4v) is 3.22. The molecule has 0 aromatic heterocycles. The first kappa shape index (κ1) is 16.3. The molecule has 0 radical (unpaired) electrons. The standard InChI is InChI=1S/C17H19ClFNS/c1-2-10-20-17(13-4-3-5-14(18)11-13)12-21-16-8-6-15(19)7-9-16/h3-9,11,17,20H,2,10,12H2,1H3. The highest BCUT2D eigenvalue weighted by Gasteiger charge is 2.11. The first-order valence-electron chi connectivity index (χ1n) is 7.06. The zero-order valence-electron chi connectivity index (χ0n) is 12.0. The number of halogens is 2. The predicted octanol–water partition coefficient (Wildman–Crippen LogP) is 5.31. The van der Waals surface area contributed by atoms with Crippen LogP contribution in [0.4, 0.5) is 4.39 Å². The highest BCUT2D eigenvalue weighted by molar-refractivity contribution is 7.99. The molecule has 2 aromatic rings. The van der Waals surface area contributed by atoms with E-state index in [0.29, 0.717) is 0 Å². The largest absolute Gasteiger partial charge is 0.309 e. The summed E-state index contributed by atoms with van der Waals surface area (Å²) in [4.78, 5) is 1.07. The maximum atomic E-state index is 12.9. The smallest absolute Gasteiger partial charge is 0.123 e. The van der Waals surface area contributed by atoms with E-state index in [-0.39, 0.29) is 11.9 Å². The number of hydrogen-bond acceptors (Lipinski definition) is 2. The van der Waals surface area contributed by atoms with Gasteiger partial charge in [0.05, 0.1) is 0 Å². The molecule has 1 nitrogen and oxygen atoms in total. The van der Waals surface area contributed by atoms with Crippen molar-refractivity contribution in [2.45, 2.75) is 24.3 Å². The molecule has 2 rings (SSSR count). The Hall–Kier alpha value is -1.03. The number of nitrogens with one attached hydrogen (secondary N) is 1. The van der Waals surface area contributed by atoms with Crippen molar-refractivity contribution in [2.24, 2.45) is 0 Å². The molecule has 21 heavy (non-hydrogen) atoms. The number of hydrogen-bond donors (Lipinski definition) is 1. The summed E-state index contributed by atoms with van der Waals surface area (Å²) >= 11 is 7.80. The molecule has 1 N–H and O–H groups in total. The van der Waals surface area contributed by atoms with Gasteiger partial charge in [0, 0.05) is 21.7 Å². The van der Waals surface area contributed by atoms with Gasteiger partial charge in [-0.1, -0.05) is 30.7 Å². The molecule has 1 atom stereocenters. The minimum absolute atomic E-state index is 0.199. The Morgan fingerprint density at radius 2 is 1.95 bits per heavy atom. The average Bonchev–Trinajstić information content (AvgIpc) is 2.49. The molecule has 0 aliphatic rings. The Labute approximate surface area is 134 Å². The van der Waals surface area contributed by atoms with Crippen LogP contribution in [0.15, 0.2) is 53.4 Å². The lowest BCUT2D eigenvalue weighted by Gasteiger charge is -2.19. The van der Waals surface area contributed by atoms with E-state index < -0.39 is 0 Å². The van der Waals surface area contributed by atoms with Crippen LogP contribution in [0, 0.1) is 5.82 Å². The lowest BCUT2D eigenvalue weighted by atomic mass is 10.1. The Kier molecular flexibility index (Phi) is 6.55. The van der Waals surface area contributed by atoms with E-state index in [1.807, 2.05) is 30.3 Å². The molecule has 0 aliphatic heterocycles. The number of rotatable bonds is 7. The van der Waals surface area contributed by atoms with Crippen molar-refractivity contribution < 1.29 is 4.39 Å². The molecular formula is C17H19ClFNS. The van der Waals surface area contributed by atoms with E-state index in [9.17, 15) is 4.39 Å². The van der Waals surface area contributed by atoms with E-state index in [2.05, 4.69) is 18.3 Å². The zero-order valence-corrected chi connectivity index (χ0v) is 13.6. The van der Waals surface area contributed by atoms with Crippen molar-refractivity contribution in [1.29, 1.82) is 0 Å². The van der Waals surface area contributed by atoms with E-state index in [4.69, 9.17) is 11.6 Å². The van der Waals surface area contributed by atoms with Crippen molar-refractivity contribution >= 4 is 23.4 Å². The van der Waals surface area contributed by atoms with Crippen molar-refractivity contribution in [3.8, 4) is 0 Å². The first-order valence-corrected chi connectivity index (χ1v) is 8.42. The summed E-state index contributed by atoms with van der Waals surface area (Å²) in [5.74, 6) is 0.682. The summed E-state index contributed by atoms with van der Waals surface area (Å²) < 4.78 is 12.9. The molecular weight excluding hydrogens is 305 g/mol. The molecule has 0 spiro atoms. The Morgan fingerprint density at radius 1 is 1.19 bits per heavy atom. The summed E-state index contributed by atoms with van der Waals surface area (Å²) in [7, 11) is 0. The van der Waals surface area contributed by atoms with Crippen molar-refractivity contribution in [1.82, 2.24) is 5.32 Å². The molecule has 0 saturated heterocycles. The van der Waals surface area contributed by atoms with Crippen LogP contribution >= 0.6 is 23.4 Å². The Bertz CT molecular complexity index is 559. The van der Waals surface area contributed by atoms with Gasteiger partial charge in [-0.25, -0.2) is 4.39 Å². The van der Waals surface area contributed by atoms with Crippen LogP contribution in [0.2, 0.25) is 5.02 Å². The lowest BCUT2D eigenvalue weighted by molar-refractivity contribution is 0.577. The van der Waals surface area contributed by atoms with Crippen LogP contribution in [-0.4, -0.2) is 12.3 Å².